The zero-order chi connectivity index (χ0) is 16.7. The third kappa shape index (κ3) is 6.87. The number of carbonyl (C=O) groups is 1. The highest BCUT2D eigenvalue weighted by molar-refractivity contribution is 7.91. The van der Waals surface area contributed by atoms with Crippen molar-refractivity contribution in [3.8, 4) is 0 Å². The van der Waals surface area contributed by atoms with Gasteiger partial charge in [0.05, 0.1) is 19.0 Å². The van der Waals surface area contributed by atoms with Gasteiger partial charge in [-0.15, -0.1) is 0 Å². The van der Waals surface area contributed by atoms with Gasteiger partial charge in [0.2, 0.25) is 5.91 Å². The number of rotatable bonds is 7. The molecule has 1 aliphatic rings. The number of sulfone groups is 1. The summed E-state index contributed by atoms with van der Waals surface area (Å²) in [5.74, 6) is -1.13. The van der Waals surface area contributed by atoms with Crippen LogP contribution in [0.3, 0.4) is 0 Å². The fraction of sp³-hybridized carbons (Fsp3) is 0.533. The second-order valence-electron chi connectivity index (χ2n) is 5.46. The monoisotopic (exact) mass is 360 g/mol. The molecular formula is C15H21ClN2O4S. The Morgan fingerprint density at radius 3 is 2.52 bits per heavy atom. The van der Waals surface area contributed by atoms with E-state index in [2.05, 4.69) is 10.2 Å². The molecule has 0 saturated carbocycles. The second kappa shape index (κ2) is 8.63. The molecule has 1 fully saturated rings. The predicted octanol–water partition coefficient (Wildman–Crippen LogP) is 0.703. The van der Waals surface area contributed by atoms with Crippen LogP contribution in [-0.2, 0) is 25.1 Å². The van der Waals surface area contributed by atoms with E-state index in [1.54, 1.807) is 24.3 Å². The zero-order valence-electron chi connectivity index (χ0n) is 12.8. The fourth-order valence-electron chi connectivity index (χ4n) is 2.31. The van der Waals surface area contributed by atoms with Gasteiger partial charge in [0.1, 0.15) is 5.75 Å². The van der Waals surface area contributed by atoms with Crippen LogP contribution >= 0.6 is 11.6 Å². The van der Waals surface area contributed by atoms with Gasteiger partial charge in [-0.25, -0.2) is 8.42 Å². The van der Waals surface area contributed by atoms with E-state index >= 15 is 0 Å². The molecule has 0 spiro atoms. The van der Waals surface area contributed by atoms with E-state index in [9.17, 15) is 13.2 Å². The van der Waals surface area contributed by atoms with Crippen molar-refractivity contribution in [2.45, 2.75) is 5.75 Å². The number of hydrogen-bond acceptors (Lipinski definition) is 5. The van der Waals surface area contributed by atoms with E-state index in [1.165, 1.54) is 0 Å². The van der Waals surface area contributed by atoms with Gasteiger partial charge in [-0.3, -0.25) is 9.69 Å². The van der Waals surface area contributed by atoms with E-state index in [1.807, 2.05) is 0 Å². The van der Waals surface area contributed by atoms with Crippen LogP contribution in [0.1, 0.15) is 5.56 Å². The maximum absolute atomic E-state index is 12.0. The first-order valence-corrected chi connectivity index (χ1v) is 9.66. The highest BCUT2D eigenvalue weighted by atomic mass is 35.5. The van der Waals surface area contributed by atoms with Crippen molar-refractivity contribution in [3.05, 3.63) is 34.9 Å². The second-order valence-corrected chi connectivity index (χ2v) is 7.96. The molecule has 1 aliphatic heterocycles. The van der Waals surface area contributed by atoms with Crippen molar-refractivity contribution in [1.29, 1.82) is 0 Å². The normalized spacial score (nSPS) is 16.2. The molecule has 0 atom stereocenters. The zero-order valence-corrected chi connectivity index (χ0v) is 14.4. The molecule has 8 heteroatoms. The summed E-state index contributed by atoms with van der Waals surface area (Å²) in [4.78, 5) is 14.0. The van der Waals surface area contributed by atoms with Gasteiger partial charge >= 0.3 is 0 Å². The molecule has 1 saturated heterocycles. The number of amides is 1. The lowest BCUT2D eigenvalue weighted by Crippen LogP contribution is -2.42. The molecule has 0 radical (unpaired) electrons. The molecule has 0 unspecified atom stereocenters. The summed E-state index contributed by atoms with van der Waals surface area (Å²) >= 11 is 5.76. The minimum atomic E-state index is -3.49. The quantitative estimate of drug-likeness (QED) is 0.774. The molecule has 1 aromatic rings. The van der Waals surface area contributed by atoms with Crippen molar-refractivity contribution < 1.29 is 17.9 Å². The lowest BCUT2D eigenvalue weighted by atomic mass is 10.2. The van der Waals surface area contributed by atoms with Crippen LogP contribution in [-0.4, -0.2) is 64.4 Å². The van der Waals surface area contributed by atoms with Crippen LogP contribution in [0.2, 0.25) is 5.02 Å². The van der Waals surface area contributed by atoms with Crippen molar-refractivity contribution in [2.75, 3.05) is 45.1 Å². The van der Waals surface area contributed by atoms with Gasteiger partial charge < -0.3 is 10.1 Å². The first kappa shape index (κ1) is 18.2. The SMILES string of the molecule is O=C(CS(=O)(=O)Cc1ccc(Cl)cc1)NCCN1CCOCC1. The number of halogens is 1. The number of carbonyl (C=O) groups excluding carboxylic acids is 1. The lowest BCUT2D eigenvalue weighted by molar-refractivity contribution is -0.118. The number of ether oxygens (including phenoxy) is 1. The van der Waals surface area contributed by atoms with Gasteiger partial charge in [0.15, 0.2) is 9.84 Å². The lowest BCUT2D eigenvalue weighted by Gasteiger charge is -2.26. The molecule has 2 rings (SSSR count). The molecule has 0 bridgehead atoms. The van der Waals surface area contributed by atoms with E-state index in [0.717, 1.165) is 13.1 Å². The minimum Gasteiger partial charge on any atom is -0.379 e. The van der Waals surface area contributed by atoms with Gasteiger partial charge in [-0.2, -0.15) is 0 Å². The number of hydrogen-bond donors (Lipinski definition) is 1. The van der Waals surface area contributed by atoms with Crippen molar-refractivity contribution >= 4 is 27.3 Å². The highest BCUT2D eigenvalue weighted by Crippen LogP contribution is 2.12. The Bertz CT molecular complexity index is 613. The molecular weight excluding hydrogens is 340 g/mol. The van der Waals surface area contributed by atoms with Gasteiger partial charge in [-0.05, 0) is 17.7 Å². The van der Waals surface area contributed by atoms with E-state index in [0.29, 0.717) is 36.9 Å². The first-order chi connectivity index (χ1) is 10.9. The number of nitrogens with one attached hydrogen (secondary N) is 1. The summed E-state index contributed by atoms with van der Waals surface area (Å²) < 4.78 is 29.3. The molecule has 1 N–H and O–H groups in total. The van der Waals surface area contributed by atoms with Crippen LogP contribution in [0, 0.1) is 0 Å². The Hall–Kier alpha value is -1.15. The van der Waals surface area contributed by atoms with Crippen LogP contribution in [0.25, 0.3) is 0 Å². The maximum Gasteiger partial charge on any atom is 0.235 e. The van der Waals surface area contributed by atoms with Crippen LogP contribution < -0.4 is 5.32 Å². The van der Waals surface area contributed by atoms with E-state index in [-0.39, 0.29) is 5.75 Å². The topological polar surface area (TPSA) is 75.7 Å². The Morgan fingerprint density at radius 2 is 1.87 bits per heavy atom. The minimum absolute atomic E-state index is 0.166. The number of morpholine rings is 1. The van der Waals surface area contributed by atoms with Gasteiger partial charge in [0, 0.05) is 31.2 Å². The maximum atomic E-state index is 12.0. The average Bonchev–Trinajstić information content (AvgIpc) is 2.50. The molecule has 128 valence electrons. The van der Waals surface area contributed by atoms with Gasteiger partial charge in [0.25, 0.3) is 0 Å². The Kier molecular flexibility index (Phi) is 6.83. The van der Waals surface area contributed by atoms with Crippen LogP contribution in [0.15, 0.2) is 24.3 Å². The summed E-state index contributed by atoms with van der Waals surface area (Å²) in [6.45, 7) is 4.21. The largest absolute Gasteiger partial charge is 0.379 e. The molecule has 0 aliphatic carbocycles. The summed E-state index contributed by atoms with van der Waals surface area (Å²) in [5.41, 5.74) is 0.621. The van der Waals surface area contributed by atoms with Crippen molar-refractivity contribution in [1.82, 2.24) is 10.2 Å². The third-order valence-corrected chi connectivity index (χ3v) is 5.23. The standard InChI is InChI=1S/C15H21ClN2O4S/c16-14-3-1-13(2-4-14)11-23(20,21)12-15(19)17-5-6-18-7-9-22-10-8-18/h1-4H,5-12H2,(H,17,19). The third-order valence-electron chi connectivity index (χ3n) is 3.50. The number of benzene rings is 1. The van der Waals surface area contributed by atoms with Crippen molar-refractivity contribution in [2.24, 2.45) is 0 Å². The molecule has 1 aromatic carbocycles. The number of nitrogens with zero attached hydrogens (tertiary/aromatic N) is 1. The van der Waals surface area contributed by atoms with E-state index < -0.39 is 21.5 Å². The average molecular weight is 361 g/mol. The Labute approximate surface area is 141 Å². The summed E-state index contributed by atoms with van der Waals surface area (Å²) in [5, 5.41) is 3.21. The fourth-order valence-corrected chi connectivity index (χ4v) is 3.74. The predicted molar refractivity (Wildman–Crippen MR) is 89.2 cm³/mol. The van der Waals surface area contributed by atoms with Gasteiger partial charge in [-0.1, -0.05) is 23.7 Å². The molecule has 1 amide bonds. The summed E-state index contributed by atoms with van der Waals surface area (Å²) in [6, 6.07) is 6.57. The highest BCUT2D eigenvalue weighted by Gasteiger charge is 2.18. The molecule has 6 nitrogen and oxygen atoms in total. The first-order valence-electron chi connectivity index (χ1n) is 7.46. The molecule has 1 heterocycles. The van der Waals surface area contributed by atoms with E-state index in [4.69, 9.17) is 16.3 Å². The molecule has 0 aromatic heterocycles. The summed E-state index contributed by atoms with van der Waals surface area (Å²) in [7, 11) is -3.49. The smallest absolute Gasteiger partial charge is 0.235 e. The van der Waals surface area contributed by atoms with Crippen LogP contribution in [0.4, 0.5) is 0 Å². The van der Waals surface area contributed by atoms with Crippen LogP contribution in [0.5, 0.6) is 0 Å². The Balaban J connectivity index is 1.73. The Morgan fingerprint density at radius 1 is 1.22 bits per heavy atom. The summed E-state index contributed by atoms with van der Waals surface area (Å²) in [6.07, 6.45) is 0. The molecule has 23 heavy (non-hydrogen) atoms. The van der Waals surface area contributed by atoms with Crippen molar-refractivity contribution in [3.63, 3.8) is 0 Å².